The molecule has 0 radical (unpaired) electrons. The van der Waals surface area contributed by atoms with Crippen LogP contribution in [0.15, 0.2) is 65.3 Å². The van der Waals surface area contributed by atoms with E-state index in [4.69, 9.17) is 4.42 Å². The summed E-state index contributed by atoms with van der Waals surface area (Å²) in [6, 6.07) is 14.9. The molecule has 3 aromatic rings. The van der Waals surface area contributed by atoms with Crippen molar-refractivity contribution >= 4 is 11.6 Å². The number of carbonyl (C=O) groups excluding carboxylic acids is 1. The summed E-state index contributed by atoms with van der Waals surface area (Å²) in [5.74, 6) is -0.746. The van der Waals surface area contributed by atoms with Gasteiger partial charge in [0.05, 0.1) is 23.3 Å². The molecule has 0 spiro atoms. The zero-order valence-corrected chi connectivity index (χ0v) is 14.6. The quantitative estimate of drug-likeness (QED) is 0.475. The monoisotopic (exact) mass is 368 g/mol. The number of carbonyl (C=O) groups is 1. The van der Waals surface area contributed by atoms with E-state index >= 15 is 0 Å². The number of hydrogen-bond donors (Lipinski definition) is 0. The van der Waals surface area contributed by atoms with E-state index < -0.39 is 22.3 Å². The Balaban J connectivity index is 1.96. The zero-order chi connectivity index (χ0) is 19.4. The minimum absolute atomic E-state index is 0.0766. The molecule has 138 valence electrons. The van der Waals surface area contributed by atoms with Gasteiger partial charge in [-0.15, -0.1) is 0 Å². The SMILES string of the molecule is Cc1c(F)cc(C(=O)N(Cc2ccccc2)Cc2ccco2)cc1[N+](=O)[O-]. The lowest BCUT2D eigenvalue weighted by atomic mass is 10.1. The third kappa shape index (κ3) is 4.20. The summed E-state index contributed by atoms with van der Waals surface area (Å²) in [6.07, 6.45) is 1.50. The predicted molar refractivity (Wildman–Crippen MR) is 96.5 cm³/mol. The van der Waals surface area contributed by atoms with Crippen molar-refractivity contribution in [1.82, 2.24) is 4.90 Å². The Bertz CT molecular complexity index is 956. The van der Waals surface area contributed by atoms with Gasteiger partial charge in [0, 0.05) is 18.2 Å². The highest BCUT2D eigenvalue weighted by molar-refractivity contribution is 5.95. The number of amides is 1. The first-order chi connectivity index (χ1) is 13.0. The molecule has 0 aliphatic heterocycles. The average molecular weight is 368 g/mol. The smallest absolute Gasteiger partial charge is 0.276 e. The minimum Gasteiger partial charge on any atom is -0.467 e. The van der Waals surface area contributed by atoms with Crippen LogP contribution in [0, 0.1) is 22.9 Å². The summed E-state index contributed by atoms with van der Waals surface area (Å²) in [4.78, 5) is 24.9. The lowest BCUT2D eigenvalue weighted by Gasteiger charge is -2.22. The maximum absolute atomic E-state index is 14.1. The van der Waals surface area contributed by atoms with E-state index in [0.29, 0.717) is 5.76 Å². The average Bonchev–Trinajstić information content (AvgIpc) is 3.16. The van der Waals surface area contributed by atoms with Gasteiger partial charge in [0.15, 0.2) is 0 Å². The highest BCUT2D eigenvalue weighted by Crippen LogP contribution is 2.24. The van der Waals surface area contributed by atoms with E-state index in [1.807, 2.05) is 30.3 Å². The van der Waals surface area contributed by atoms with Crippen LogP contribution in [0.2, 0.25) is 0 Å². The molecule has 0 unspecified atom stereocenters. The number of rotatable bonds is 6. The second-order valence-electron chi connectivity index (χ2n) is 6.09. The van der Waals surface area contributed by atoms with Gasteiger partial charge in [-0.25, -0.2) is 4.39 Å². The van der Waals surface area contributed by atoms with Crippen LogP contribution in [-0.4, -0.2) is 15.7 Å². The maximum Gasteiger partial charge on any atom is 0.276 e. The summed E-state index contributed by atoms with van der Waals surface area (Å²) in [6.45, 7) is 1.72. The number of halogens is 1. The highest BCUT2D eigenvalue weighted by atomic mass is 19.1. The fourth-order valence-electron chi connectivity index (χ4n) is 2.75. The second kappa shape index (κ2) is 7.82. The fraction of sp³-hybridized carbons (Fsp3) is 0.150. The van der Waals surface area contributed by atoms with Gasteiger partial charge >= 0.3 is 0 Å². The molecule has 1 heterocycles. The van der Waals surface area contributed by atoms with Crippen molar-refractivity contribution < 1.29 is 18.5 Å². The lowest BCUT2D eigenvalue weighted by Crippen LogP contribution is -2.30. The molecule has 1 aromatic heterocycles. The molecule has 0 aliphatic rings. The maximum atomic E-state index is 14.1. The van der Waals surface area contributed by atoms with E-state index in [-0.39, 0.29) is 24.2 Å². The van der Waals surface area contributed by atoms with Crippen molar-refractivity contribution in [2.24, 2.45) is 0 Å². The topological polar surface area (TPSA) is 76.6 Å². The zero-order valence-electron chi connectivity index (χ0n) is 14.6. The standard InChI is InChI=1S/C20H17FN2O4/c1-14-18(21)10-16(11-19(14)23(25)26)20(24)22(13-17-8-5-9-27-17)12-15-6-3-2-4-7-15/h2-11H,12-13H2,1H3. The molecule has 0 aliphatic carbocycles. The van der Waals surface area contributed by atoms with Crippen LogP contribution in [0.3, 0.4) is 0 Å². The molecule has 1 amide bonds. The Hall–Kier alpha value is -3.48. The molecule has 0 saturated heterocycles. The van der Waals surface area contributed by atoms with Gasteiger partial charge in [0.2, 0.25) is 0 Å². The lowest BCUT2D eigenvalue weighted by molar-refractivity contribution is -0.385. The molecule has 27 heavy (non-hydrogen) atoms. The molecular weight excluding hydrogens is 351 g/mol. The van der Waals surface area contributed by atoms with Gasteiger partial charge in [0.25, 0.3) is 11.6 Å². The summed E-state index contributed by atoms with van der Waals surface area (Å²) >= 11 is 0. The van der Waals surface area contributed by atoms with Crippen LogP contribution in [0.4, 0.5) is 10.1 Å². The molecule has 0 saturated carbocycles. The van der Waals surface area contributed by atoms with Crippen LogP contribution >= 0.6 is 0 Å². The third-order valence-electron chi connectivity index (χ3n) is 4.19. The summed E-state index contributed by atoms with van der Waals surface area (Å²) in [7, 11) is 0. The normalized spacial score (nSPS) is 10.6. The molecule has 3 rings (SSSR count). The van der Waals surface area contributed by atoms with Crippen molar-refractivity contribution in [2.45, 2.75) is 20.0 Å². The Morgan fingerprint density at radius 3 is 2.52 bits per heavy atom. The van der Waals surface area contributed by atoms with Gasteiger partial charge in [-0.05, 0) is 30.7 Å². The van der Waals surface area contributed by atoms with Gasteiger partial charge in [-0.1, -0.05) is 30.3 Å². The van der Waals surface area contributed by atoms with Crippen molar-refractivity contribution in [1.29, 1.82) is 0 Å². The van der Waals surface area contributed by atoms with E-state index in [9.17, 15) is 19.3 Å². The highest BCUT2D eigenvalue weighted by Gasteiger charge is 2.23. The van der Waals surface area contributed by atoms with E-state index in [1.165, 1.54) is 18.1 Å². The number of furan rings is 1. The molecule has 6 nitrogen and oxygen atoms in total. The van der Waals surface area contributed by atoms with Crippen molar-refractivity contribution in [2.75, 3.05) is 0 Å². The van der Waals surface area contributed by atoms with Crippen LogP contribution in [0.5, 0.6) is 0 Å². The largest absolute Gasteiger partial charge is 0.467 e. The Morgan fingerprint density at radius 1 is 1.15 bits per heavy atom. The number of hydrogen-bond acceptors (Lipinski definition) is 4. The Labute approximate surface area is 155 Å². The number of nitrogens with zero attached hydrogens (tertiary/aromatic N) is 2. The van der Waals surface area contributed by atoms with Gasteiger partial charge in [-0.3, -0.25) is 14.9 Å². The molecule has 0 bridgehead atoms. The van der Waals surface area contributed by atoms with Crippen molar-refractivity contribution in [3.05, 3.63) is 99.2 Å². The molecule has 7 heteroatoms. The molecule has 0 N–H and O–H groups in total. The van der Waals surface area contributed by atoms with Crippen LogP contribution in [0.25, 0.3) is 0 Å². The van der Waals surface area contributed by atoms with Crippen molar-refractivity contribution in [3.8, 4) is 0 Å². The minimum atomic E-state index is -0.787. The summed E-state index contributed by atoms with van der Waals surface area (Å²) in [5, 5.41) is 11.2. The van der Waals surface area contributed by atoms with E-state index in [1.54, 1.807) is 12.1 Å². The van der Waals surface area contributed by atoms with Gasteiger partial charge < -0.3 is 9.32 Å². The van der Waals surface area contributed by atoms with Crippen molar-refractivity contribution in [3.63, 3.8) is 0 Å². The first kappa shape index (κ1) is 18.3. The number of nitro benzene ring substituents is 1. The van der Waals surface area contributed by atoms with Crippen LogP contribution < -0.4 is 0 Å². The fourth-order valence-corrected chi connectivity index (χ4v) is 2.75. The molecular formula is C20H17FN2O4. The van der Waals surface area contributed by atoms with Crippen LogP contribution in [-0.2, 0) is 13.1 Å². The van der Waals surface area contributed by atoms with Gasteiger partial charge in [-0.2, -0.15) is 0 Å². The summed E-state index contributed by atoms with van der Waals surface area (Å²) in [5.41, 5.74) is 0.278. The number of nitro groups is 1. The van der Waals surface area contributed by atoms with E-state index in [0.717, 1.165) is 17.7 Å². The third-order valence-corrected chi connectivity index (χ3v) is 4.19. The Kier molecular flexibility index (Phi) is 5.30. The number of benzene rings is 2. The van der Waals surface area contributed by atoms with Gasteiger partial charge in [0.1, 0.15) is 11.6 Å². The van der Waals surface area contributed by atoms with Crippen LogP contribution in [0.1, 0.15) is 27.2 Å². The molecule has 0 fully saturated rings. The second-order valence-corrected chi connectivity index (χ2v) is 6.09. The Morgan fingerprint density at radius 2 is 1.89 bits per heavy atom. The first-order valence-corrected chi connectivity index (χ1v) is 8.26. The first-order valence-electron chi connectivity index (χ1n) is 8.26. The molecule has 0 atom stereocenters. The molecule has 2 aromatic carbocycles. The predicted octanol–water partition coefficient (Wildman–Crippen LogP) is 4.48. The summed E-state index contributed by atoms with van der Waals surface area (Å²) < 4.78 is 19.5. The van der Waals surface area contributed by atoms with E-state index in [2.05, 4.69) is 0 Å².